The minimum absolute atomic E-state index is 0.242. The predicted octanol–water partition coefficient (Wildman–Crippen LogP) is 5.31. The summed E-state index contributed by atoms with van der Waals surface area (Å²) in [5.41, 5.74) is 3.97. The van der Waals surface area contributed by atoms with E-state index in [1.165, 1.54) is 56.9 Å². The molecule has 11 nitrogen and oxygen atoms in total. The molecule has 4 heterocycles. The van der Waals surface area contributed by atoms with Gasteiger partial charge in [0, 0.05) is 48.4 Å². The van der Waals surface area contributed by atoms with Crippen LogP contribution in [0.5, 0.6) is 17.2 Å². The van der Waals surface area contributed by atoms with Gasteiger partial charge < -0.3 is 34.6 Å². The second kappa shape index (κ2) is 12.9. The number of methoxy groups -OCH3 is 1. The van der Waals surface area contributed by atoms with Crippen molar-refractivity contribution in [1.29, 1.82) is 0 Å². The van der Waals surface area contributed by atoms with Crippen LogP contribution in [0.2, 0.25) is 5.02 Å². The molecule has 0 atom stereocenters. The van der Waals surface area contributed by atoms with Gasteiger partial charge in [-0.15, -0.1) is 0 Å². The lowest BCUT2D eigenvalue weighted by Crippen LogP contribution is -2.44. The number of hydrogen-bond donors (Lipinski definition) is 2. The number of aryl methyl sites for hydroxylation is 1. The number of rotatable bonds is 9. The molecule has 2 aromatic carbocycles. The minimum atomic E-state index is -3.39. The second-order valence-electron chi connectivity index (χ2n) is 11.6. The molecule has 2 fully saturated rings. The zero-order valence-electron chi connectivity index (χ0n) is 25.4. The number of likely N-dealkylation sites (tertiary alicyclic amines) is 1. The smallest absolute Gasteiger partial charge is 0.229 e. The van der Waals surface area contributed by atoms with Gasteiger partial charge in [-0.2, -0.15) is 4.98 Å². The van der Waals surface area contributed by atoms with Crippen LogP contribution >= 0.6 is 11.6 Å². The third kappa shape index (κ3) is 6.77. The van der Waals surface area contributed by atoms with E-state index in [1.807, 2.05) is 0 Å². The van der Waals surface area contributed by atoms with E-state index < -0.39 is 9.84 Å². The normalized spacial score (nSPS) is 17.5. The number of hydrogen-bond acceptors (Lipinski definition) is 11. The van der Waals surface area contributed by atoms with Crippen molar-refractivity contribution < 1.29 is 22.6 Å². The second-order valence-corrected chi connectivity index (χ2v) is 14.2. The lowest BCUT2D eigenvalue weighted by atomic mass is 10.0. The first-order valence-electron chi connectivity index (χ1n) is 15.0. The van der Waals surface area contributed by atoms with Crippen molar-refractivity contribution in [3.8, 4) is 17.2 Å². The van der Waals surface area contributed by atoms with Crippen LogP contribution in [0.1, 0.15) is 36.8 Å². The molecule has 236 valence electrons. The molecule has 0 amide bonds. The van der Waals surface area contributed by atoms with E-state index in [0.29, 0.717) is 59.5 Å². The number of halogens is 1. The summed E-state index contributed by atoms with van der Waals surface area (Å²) in [6, 6.07) is 8.29. The molecule has 3 aromatic rings. The van der Waals surface area contributed by atoms with E-state index >= 15 is 0 Å². The van der Waals surface area contributed by atoms with Gasteiger partial charge in [-0.25, -0.2) is 13.4 Å². The zero-order valence-corrected chi connectivity index (χ0v) is 26.9. The molecule has 0 unspecified atom stereocenters. The zero-order chi connectivity index (χ0) is 30.8. The maximum Gasteiger partial charge on any atom is 0.229 e. The van der Waals surface area contributed by atoms with Crippen LogP contribution in [0, 0.1) is 6.92 Å². The number of anilines is 5. The van der Waals surface area contributed by atoms with E-state index in [4.69, 9.17) is 25.8 Å². The summed E-state index contributed by atoms with van der Waals surface area (Å²) in [6.07, 6.45) is 7.66. The average Bonchev–Trinajstić information content (AvgIpc) is 3.55. The number of fused-ring (bicyclic) bond motifs is 1. The molecule has 0 radical (unpaired) electrons. The molecule has 2 saturated heterocycles. The fourth-order valence-corrected chi connectivity index (χ4v) is 7.27. The van der Waals surface area contributed by atoms with E-state index in [9.17, 15) is 8.42 Å². The fourth-order valence-electron chi connectivity index (χ4n) is 6.32. The number of piperidine rings is 1. The lowest BCUT2D eigenvalue weighted by Gasteiger charge is -2.38. The number of sulfone groups is 1. The number of ether oxygens (including phenoxy) is 3. The summed E-state index contributed by atoms with van der Waals surface area (Å²) in [4.78, 5) is 14.1. The molecule has 0 saturated carbocycles. The third-order valence-corrected chi connectivity index (χ3v) is 9.53. The molecule has 1 aromatic heterocycles. The summed E-state index contributed by atoms with van der Waals surface area (Å²) < 4.78 is 41.9. The van der Waals surface area contributed by atoms with Crippen LogP contribution < -0.4 is 29.7 Å². The molecule has 3 aliphatic heterocycles. The number of benzene rings is 2. The largest absolute Gasteiger partial charge is 0.494 e. The van der Waals surface area contributed by atoms with Crippen molar-refractivity contribution in [1.82, 2.24) is 14.9 Å². The van der Waals surface area contributed by atoms with Gasteiger partial charge in [0.15, 0.2) is 27.2 Å². The Balaban J connectivity index is 1.22. The number of nitrogens with one attached hydrogen (secondary N) is 2. The Morgan fingerprint density at radius 3 is 2.52 bits per heavy atom. The monoisotopic (exact) mass is 642 g/mol. The highest BCUT2D eigenvalue weighted by atomic mass is 35.5. The average molecular weight is 643 g/mol. The predicted molar refractivity (Wildman–Crippen MR) is 173 cm³/mol. The van der Waals surface area contributed by atoms with E-state index in [1.54, 1.807) is 19.2 Å². The third-order valence-electron chi connectivity index (χ3n) is 8.44. The first kappa shape index (κ1) is 30.5. The van der Waals surface area contributed by atoms with Crippen molar-refractivity contribution in [2.24, 2.45) is 0 Å². The Bertz CT molecular complexity index is 1620. The van der Waals surface area contributed by atoms with Gasteiger partial charge >= 0.3 is 0 Å². The summed E-state index contributed by atoms with van der Waals surface area (Å²) in [5, 5.41) is 6.74. The van der Waals surface area contributed by atoms with Crippen molar-refractivity contribution in [3.63, 3.8) is 0 Å². The van der Waals surface area contributed by atoms with Crippen LogP contribution in [0.4, 0.5) is 28.8 Å². The minimum Gasteiger partial charge on any atom is -0.494 e. The summed E-state index contributed by atoms with van der Waals surface area (Å²) >= 11 is 6.50. The number of aromatic nitrogens is 2. The molecule has 0 aliphatic carbocycles. The molecule has 0 bridgehead atoms. The Morgan fingerprint density at radius 2 is 1.80 bits per heavy atom. The highest BCUT2D eigenvalue weighted by molar-refractivity contribution is 7.89. The molecule has 3 aliphatic rings. The summed E-state index contributed by atoms with van der Waals surface area (Å²) in [5.74, 6) is 1.95. The van der Waals surface area contributed by atoms with Gasteiger partial charge in [0.05, 0.1) is 24.7 Å². The quantitative estimate of drug-likeness (QED) is 0.316. The molecule has 6 rings (SSSR count). The van der Waals surface area contributed by atoms with Gasteiger partial charge in [0.25, 0.3) is 0 Å². The van der Waals surface area contributed by atoms with Gasteiger partial charge in [-0.1, -0.05) is 11.6 Å². The van der Waals surface area contributed by atoms with Crippen LogP contribution in [0.15, 0.2) is 30.5 Å². The Morgan fingerprint density at radius 1 is 1.05 bits per heavy atom. The molecule has 0 spiro atoms. The summed E-state index contributed by atoms with van der Waals surface area (Å²) in [7, 11) is -1.74. The van der Waals surface area contributed by atoms with Crippen molar-refractivity contribution in [3.05, 3.63) is 46.6 Å². The molecular formula is C31H39ClN6O5S. The molecule has 13 heteroatoms. The Hall–Kier alpha value is -3.48. The van der Waals surface area contributed by atoms with Crippen LogP contribution in [0.3, 0.4) is 0 Å². The highest BCUT2D eigenvalue weighted by Gasteiger charge is 2.28. The van der Waals surface area contributed by atoms with E-state index in [0.717, 1.165) is 24.3 Å². The van der Waals surface area contributed by atoms with E-state index in [2.05, 4.69) is 49.5 Å². The van der Waals surface area contributed by atoms with Gasteiger partial charge in [0.1, 0.15) is 24.0 Å². The fraction of sp³-hybridized carbons (Fsp3) is 0.484. The highest BCUT2D eigenvalue weighted by Crippen LogP contribution is 2.41. The standard InChI is InChI=1S/C31H39ClN6O5S/c1-20-16-25(28(41-2)17-26(20)38-12-8-21(9-13-38)37-10-4-5-11-37)35-31-33-18-23(32)30(36-31)34-24-6-7-27-29(43-15-14-42-27)22(24)19-44(3,39)40/h6-7,16-18,21H,4-5,8-15,19H2,1-3H3,(H2,33,34,35,36). The lowest BCUT2D eigenvalue weighted by molar-refractivity contribution is 0.170. The van der Waals surface area contributed by atoms with Gasteiger partial charge in [-0.3, -0.25) is 0 Å². The SMILES string of the molecule is COc1cc(N2CCC(N3CCCC3)CC2)c(C)cc1Nc1ncc(Cl)c(Nc2ccc3c(c2CS(C)(=O)=O)OCCO3)n1. The molecule has 44 heavy (non-hydrogen) atoms. The topological polar surface area (TPSA) is 118 Å². The summed E-state index contributed by atoms with van der Waals surface area (Å²) in [6.45, 7) is 7.34. The van der Waals surface area contributed by atoms with Crippen LogP contribution in [-0.4, -0.2) is 82.1 Å². The molecule has 2 N–H and O–H groups in total. The van der Waals surface area contributed by atoms with Crippen LogP contribution in [-0.2, 0) is 15.6 Å². The number of nitrogens with zero attached hydrogens (tertiary/aromatic N) is 4. The van der Waals surface area contributed by atoms with Crippen LogP contribution in [0.25, 0.3) is 0 Å². The van der Waals surface area contributed by atoms with Gasteiger partial charge in [0.2, 0.25) is 5.95 Å². The van der Waals surface area contributed by atoms with Crippen molar-refractivity contribution >= 4 is 50.3 Å². The van der Waals surface area contributed by atoms with E-state index in [-0.39, 0.29) is 10.8 Å². The van der Waals surface area contributed by atoms with Gasteiger partial charge in [-0.05, 0) is 69.5 Å². The maximum absolute atomic E-state index is 12.3. The van der Waals surface area contributed by atoms with Crippen molar-refractivity contribution in [2.45, 2.75) is 44.4 Å². The Kier molecular flexibility index (Phi) is 8.93. The maximum atomic E-state index is 12.3. The first-order valence-corrected chi connectivity index (χ1v) is 17.5. The first-order chi connectivity index (χ1) is 21.2. The molecular weight excluding hydrogens is 604 g/mol. The Labute approximate surface area is 263 Å². The van der Waals surface area contributed by atoms with Crippen molar-refractivity contribution in [2.75, 3.05) is 68.3 Å².